The number of nitriles is 1. The van der Waals surface area contributed by atoms with E-state index in [1.165, 1.54) is 0 Å². The van der Waals surface area contributed by atoms with Crippen LogP contribution in [0.25, 0.3) is 0 Å². The van der Waals surface area contributed by atoms with Gasteiger partial charge in [0.25, 0.3) is 0 Å². The van der Waals surface area contributed by atoms with Crippen molar-refractivity contribution in [3.8, 4) is 6.07 Å². The van der Waals surface area contributed by atoms with Crippen LogP contribution in [0, 0.1) is 11.3 Å². The van der Waals surface area contributed by atoms with E-state index in [0.717, 1.165) is 23.8 Å². The van der Waals surface area contributed by atoms with Crippen LogP contribution in [0.15, 0.2) is 17.6 Å². The molecule has 1 heterocycles. The molecule has 5 heteroatoms. The highest BCUT2D eigenvalue weighted by Gasteiger charge is 2.20. The fraction of sp³-hybridized carbons (Fsp3) is 0.600. The van der Waals surface area contributed by atoms with Gasteiger partial charge in [0.1, 0.15) is 5.54 Å². The lowest BCUT2D eigenvalue weighted by atomic mass is 9.94. The van der Waals surface area contributed by atoms with Gasteiger partial charge in [-0.15, -0.1) is 0 Å². The molecule has 0 aliphatic rings. The average molecular weight is 224 g/mol. The second-order valence-electron chi connectivity index (χ2n) is 3.47. The molecule has 0 saturated heterocycles. The van der Waals surface area contributed by atoms with E-state index in [1.807, 2.05) is 6.92 Å². The van der Waals surface area contributed by atoms with Crippen LogP contribution >= 0.6 is 11.8 Å². The van der Waals surface area contributed by atoms with Crippen LogP contribution in [0.2, 0.25) is 0 Å². The van der Waals surface area contributed by atoms with Gasteiger partial charge in [0.05, 0.1) is 6.07 Å². The molecule has 1 rings (SSSR count). The summed E-state index contributed by atoms with van der Waals surface area (Å²) in [6, 6.07) is 2.17. The third-order valence-electron chi connectivity index (χ3n) is 2.33. The first-order valence-corrected chi connectivity index (χ1v) is 6.01. The van der Waals surface area contributed by atoms with Crippen molar-refractivity contribution in [1.29, 1.82) is 5.26 Å². The lowest BCUT2D eigenvalue weighted by Gasteiger charge is -2.18. The van der Waals surface area contributed by atoms with E-state index in [4.69, 9.17) is 11.0 Å². The molecule has 0 fully saturated rings. The van der Waals surface area contributed by atoms with E-state index < -0.39 is 5.54 Å². The van der Waals surface area contributed by atoms with E-state index >= 15 is 0 Å². The van der Waals surface area contributed by atoms with Gasteiger partial charge in [0.2, 0.25) is 0 Å². The summed E-state index contributed by atoms with van der Waals surface area (Å²) in [6.07, 6.45) is 5.92. The maximum atomic E-state index is 8.87. The molecule has 1 aromatic rings. The summed E-state index contributed by atoms with van der Waals surface area (Å²) < 4.78 is 0. The van der Waals surface area contributed by atoms with Crippen LogP contribution in [0.3, 0.4) is 0 Å². The van der Waals surface area contributed by atoms with E-state index in [2.05, 4.69) is 16.0 Å². The highest BCUT2D eigenvalue weighted by molar-refractivity contribution is 7.99. The topological polar surface area (TPSA) is 78.5 Å². The molecule has 4 nitrogen and oxygen atoms in total. The summed E-state index contributed by atoms with van der Waals surface area (Å²) in [4.78, 5) is 7.12. The first-order valence-electron chi connectivity index (χ1n) is 5.02. The van der Waals surface area contributed by atoms with Crippen molar-refractivity contribution < 1.29 is 0 Å². The minimum absolute atomic E-state index is 0.649. The molecule has 0 amide bonds. The zero-order valence-corrected chi connectivity index (χ0v) is 9.68. The van der Waals surface area contributed by atoms with Crippen molar-refractivity contribution in [1.82, 2.24) is 9.97 Å². The SMILES string of the molecule is CCC(N)(C#N)CCCSc1ncc[nH]1. The Bertz CT molecular complexity index is 317. The Balaban J connectivity index is 2.20. The third kappa shape index (κ3) is 3.94. The molecular weight excluding hydrogens is 208 g/mol. The van der Waals surface area contributed by atoms with Crippen LogP contribution in [0.1, 0.15) is 26.2 Å². The minimum Gasteiger partial charge on any atom is -0.340 e. The second kappa shape index (κ2) is 5.79. The lowest BCUT2D eigenvalue weighted by Crippen LogP contribution is -2.37. The number of aromatic amines is 1. The highest BCUT2D eigenvalue weighted by Crippen LogP contribution is 2.18. The van der Waals surface area contributed by atoms with E-state index in [0.29, 0.717) is 6.42 Å². The molecule has 0 aliphatic carbocycles. The minimum atomic E-state index is -0.649. The van der Waals surface area contributed by atoms with Crippen molar-refractivity contribution in [2.24, 2.45) is 5.73 Å². The van der Waals surface area contributed by atoms with Crippen molar-refractivity contribution >= 4 is 11.8 Å². The van der Waals surface area contributed by atoms with Crippen LogP contribution < -0.4 is 5.73 Å². The summed E-state index contributed by atoms with van der Waals surface area (Å²) in [5.41, 5.74) is 5.21. The van der Waals surface area contributed by atoms with Gasteiger partial charge >= 0.3 is 0 Å². The van der Waals surface area contributed by atoms with Crippen molar-refractivity contribution in [2.45, 2.75) is 36.9 Å². The molecular formula is C10H16N4S. The molecule has 82 valence electrons. The van der Waals surface area contributed by atoms with Gasteiger partial charge in [0, 0.05) is 18.1 Å². The number of nitrogens with zero attached hydrogens (tertiary/aromatic N) is 2. The molecule has 0 bridgehead atoms. The van der Waals surface area contributed by atoms with E-state index in [1.54, 1.807) is 24.2 Å². The first kappa shape index (κ1) is 12.1. The molecule has 0 radical (unpaired) electrons. The number of H-pyrrole nitrogens is 1. The Morgan fingerprint density at radius 1 is 1.73 bits per heavy atom. The van der Waals surface area contributed by atoms with Crippen LogP contribution in [-0.2, 0) is 0 Å². The van der Waals surface area contributed by atoms with Crippen molar-refractivity contribution in [2.75, 3.05) is 5.75 Å². The van der Waals surface area contributed by atoms with Crippen molar-refractivity contribution in [3.63, 3.8) is 0 Å². The zero-order valence-electron chi connectivity index (χ0n) is 8.86. The normalized spacial score (nSPS) is 14.5. The number of hydrogen-bond donors (Lipinski definition) is 2. The number of hydrogen-bond acceptors (Lipinski definition) is 4. The highest BCUT2D eigenvalue weighted by atomic mass is 32.2. The predicted molar refractivity (Wildman–Crippen MR) is 61.4 cm³/mol. The predicted octanol–water partition coefficient (Wildman–Crippen LogP) is 1.91. The summed E-state index contributed by atoms with van der Waals surface area (Å²) >= 11 is 1.66. The maximum absolute atomic E-state index is 8.87. The van der Waals surface area contributed by atoms with Crippen molar-refractivity contribution in [3.05, 3.63) is 12.4 Å². The standard InChI is InChI=1S/C10H16N4S/c1-2-10(12,8-11)4-3-7-15-9-13-5-6-14-9/h5-6H,2-4,7,12H2,1H3,(H,13,14). The number of nitrogens with two attached hydrogens (primary N) is 1. The molecule has 1 atom stereocenters. The molecule has 0 saturated carbocycles. The van der Waals surface area contributed by atoms with Gasteiger partial charge in [-0.1, -0.05) is 18.7 Å². The number of aromatic nitrogens is 2. The van der Waals surface area contributed by atoms with Crippen LogP contribution in [0.4, 0.5) is 0 Å². The fourth-order valence-corrected chi connectivity index (χ4v) is 1.97. The summed E-state index contributed by atoms with van der Waals surface area (Å²) in [5.74, 6) is 0.939. The summed E-state index contributed by atoms with van der Waals surface area (Å²) in [6.45, 7) is 1.95. The van der Waals surface area contributed by atoms with E-state index in [9.17, 15) is 0 Å². The van der Waals surface area contributed by atoms with Gasteiger partial charge in [-0.2, -0.15) is 5.26 Å². The quantitative estimate of drug-likeness (QED) is 0.571. The van der Waals surface area contributed by atoms with Gasteiger partial charge in [-0.25, -0.2) is 4.98 Å². The van der Waals surface area contributed by atoms with Gasteiger partial charge < -0.3 is 10.7 Å². The molecule has 3 N–H and O–H groups in total. The smallest absolute Gasteiger partial charge is 0.165 e. The number of nitrogens with one attached hydrogen (secondary N) is 1. The lowest BCUT2D eigenvalue weighted by molar-refractivity contribution is 0.478. The van der Waals surface area contributed by atoms with E-state index in [-0.39, 0.29) is 0 Å². The van der Waals surface area contributed by atoms with Crippen LogP contribution in [0.5, 0.6) is 0 Å². The Hall–Kier alpha value is -0.990. The van der Waals surface area contributed by atoms with Crippen LogP contribution in [-0.4, -0.2) is 21.3 Å². The molecule has 1 aromatic heterocycles. The number of thioether (sulfide) groups is 1. The van der Waals surface area contributed by atoms with Gasteiger partial charge in [-0.3, -0.25) is 0 Å². The molecule has 0 aromatic carbocycles. The Labute approximate surface area is 94.3 Å². The molecule has 1 unspecified atom stereocenters. The maximum Gasteiger partial charge on any atom is 0.165 e. The molecule has 0 aliphatic heterocycles. The first-order chi connectivity index (χ1) is 7.20. The Kier molecular flexibility index (Phi) is 4.66. The Morgan fingerprint density at radius 3 is 3.07 bits per heavy atom. The zero-order chi connectivity index (χ0) is 11.1. The fourth-order valence-electron chi connectivity index (χ4n) is 1.20. The summed E-state index contributed by atoms with van der Waals surface area (Å²) in [5, 5.41) is 9.79. The molecule has 15 heavy (non-hydrogen) atoms. The van der Waals surface area contributed by atoms with Gasteiger partial charge in [-0.05, 0) is 19.3 Å². The number of rotatable bonds is 6. The summed E-state index contributed by atoms with van der Waals surface area (Å²) in [7, 11) is 0. The third-order valence-corrected chi connectivity index (χ3v) is 3.32. The number of imidazole rings is 1. The second-order valence-corrected chi connectivity index (χ2v) is 4.55. The molecule has 0 spiro atoms. The monoisotopic (exact) mass is 224 g/mol. The largest absolute Gasteiger partial charge is 0.340 e. The Morgan fingerprint density at radius 2 is 2.53 bits per heavy atom. The van der Waals surface area contributed by atoms with Gasteiger partial charge in [0.15, 0.2) is 5.16 Å². The average Bonchev–Trinajstić information content (AvgIpc) is 2.77.